The zero-order valence-corrected chi connectivity index (χ0v) is 14.5. The largest absolute Gasteiger partial charge is 0.348 e. The number of carbonyl (C=O) groups is 1. The number of benzene rings is 2. The van der Waals surface area contributed by atoms with E-state index >= 15 is 0 Å². The van der Waals surface area contributed by atoms with Crippen molar-refractivity contribution < 1.29 is 4.79 Å². The molecule has 0 atom stereocenters. The number of nitrogens with one attached hydrogen (secondary N) is 1. The topological polar surface area (TPSA) is 46.9 Å². The smallest absolute Gasteiger partial charge is 0.252 e. The maximum Gasteiger partial charge on any atom is 0.252 e. The molecule has 0 fully saturated rings. The van der Waals surface area contributed by atoms with E-state index in [9.17, 15) is 4.79 Å². The van der Waals surface area contributed by atoms with Crippen molar-refractivity contribution in [3.05, 3.63) is 77.9 Å². The number of hydrogen-bond donors (Lipinski definition) is 1. The fourth-order valence-corrected chi connectivity index (χ4v) is 3.13. The van der Waals surface area contributed by atoms with Crippen LogP contribution >= 0.6 is 11.8 Å². The summed E-state index contributed by atoms with van der Waals surface area (Å²) in [4.78, 5) is 17.6. The van der Waals surface area contributed by atoms with E-state index in [2.05, 4.69) is 10.3 Å². The second-order valence-electron chi connectivity index (χ2n) is 5.39. The van der Waals surface area contributed by atoms with Crippen LogP contribution < -0.4 is 5.32 Å². The molecule has 0 bridgehead atoms. The van der Waals surface area contributed by atoms with E-state index in [0.717, 1.165) is 27.5 Å². The van der Waals surface area contributed by atoms with E-state index in [1.807, 2.05) is 72.5 Å². The van der Waals surface area contributed by atoms with E-state index in [1.165, 1.54) is 0 Å². The van der Waals surface area contributed by atoms with Gasteiger partial charge in [-0.05, 0) is 43.0 Å². The van der Waals surface area contributed by atoms with Crippen LogP contribution in [0.5, 0.6) is 0 Å². The van der Waals surface area contributed by atoms with Gasteiger partial charge in [0.15, 0.2) is 0 Å². The third kappa shape index (κ3) is 3.51. The average molecular weight is 337 g/mol. The zero-order chi connectivity index (χ0) is 16.9. The van der Waals surface area contributed by atoms with E-state index in [1.54, 1.807) is 18.0 Å². The lowest BCUT2D eigenvalue weighted by molar-refractivity contribution is 0.0948. The summed E-state index contributed by atoms with van der Waals surface area (Å²) in [6.07, 6.45) is 5.70. The third-order valence-corrected chi connectivity index (χ3v) is 4.64. The minimum Gasteiger partial charge on any atom is -0.348 e. The van der Waals surface area contributed by atoms with Gasteiger partial charge >= 0.3 is 0 Å². The monoisotopic (exact) mass is 337 g/mol. The molecular weight excluding hydrogens is 318 g/mol. The number of nitrogens with zero attached hydrogens (tertiary/aromatic N) is 2. The molecule has 0 aliphatic rings. The third-order valence-electron chi connectivity index (χ3n) is 3.84. The molecule has 0 spiro atoms. The van der Waals surface area contributed by atoms with Gasteiger partial charge in [0.2, 0.25) is 0 Å². The van der Waals surface area contributed by atoms with Crippen molar-refractivity contribution in [2.75, 3.05) is 6.26 Å². The Kier molecular flexibility index (Phi) is 5.01. The average Bonchev–Trinajstić information content (AvgIpc) is 3.06. The SMILES string of the molecule is CSc1ccccc1C(=O)NCc1ccc(-n2ccnc2C)cc1. The number of aromatic nitrogens is 2. The summed E-state index contributed by atoms with van der Waals surface area (Å²) in [7, 11) is 0. The van der Waals surface area contributed by atoms with Crippen molar-refractivity contribution in [3.8, 4) is 5.69 Å². The molecule has 0 aliphatic heterocycles. The lowest BCUT2D eigenvalue weighted by atomic mass is 10.1. The van der Waals surface area contributed by atoms with E-state index in [0.29, 0.717) is 6.54 Å². The molecule has 0 aliphatic carbocycles. The van der Waals surface area contributed by atoms with Gasteiger partial charge in [-0.25, -0.2) is 4.98 Å². The Hall–Kier alpha value is -2.53. The molecule has 1 amide bonds. The van der Waals surface area contributed by atoms with Crippen LogP contribution in [0, 0.1) is 6.92 Å². The molecule has 0 saturated carbocycles. The Morgan fingerprint density at radius 1 is 1.17 bits per heavy atom. The summed E-state index contributed by atoms with van der Waals surface area (Å²) < 4.78 is 2.02. The Balaban J connectivity index is 1.67. The van der Waals surface area contributed by atoms with Crippen LogP contribution in [0.1, 0.15) is 21.7 Å². The van der Waals surface area contributed by atoms with Crippen LogP contribution in [-0.4, -0.2) is 21.7 Å². The van der Waals surface area contributed by atoms with Crippen LogP contribution in [0.3, 0.4) is 0 Å². The van der Waals surface area contributed by atoms with Crippen molar-refractivity contribution in [2.24, 2.45) is 0 Å². The molecule has 1 aromatic heterocycles. The summed E-state index contributed by atoms with van der Waals surface area (Å²) >= 11 is 1.58. The van der Waals surface area contributed by atoms with Gasteiger partial charge in [0.05, 0.1) is 5.56 Å². The predicted octanol–water partition coefficient (Wildman–Crippen LogP) is 3.83. The lowest BCUT2D eigenvalue weighted by Crippen LogP contribution is -2.23. The summed E-state index contributed by atoms with van der Waals surface area (Å²) in [6.45, 7) is 2.47. The predicted molar refractivity (Wildman–Crippen MR) is 97.7 cm³/mol. The molecule has 1 heterocycles. The van der Waals surface area contributed by atoms with Gasteiger partial charge in [-0.1, -0.05) is 24.3 Å². The number of thioether (sulfide) groups is 1. The molecule has 0 radical (unpaired) electrons. The maximum absolute atomic E-state index is 12.4. The number of rotatable bonds is 5. The number of amides is 1. The number of carbonyl (C=O) groups excluding carboxylic acids is 1. The molecule has 5 heteroatoms. The highest BCUT2D eigenvalue weighted by molar-refractivity contribution is 7.98. The zero-order valence-electron chi connectivity index (χ0n) is 13.7. The molecule has 3 rings (SSSR count). The minimum atomic E-state index is -0.0468. The highest BCUT2D eigenvalue weighted by Gasteiger charge is 2.09. The molecule has 3 aromatic rings. The van der Waals surface area contributed by atoms with Crippen LogP contribution in [0.4, 0.5) is 0 Å². The fraction of sp³-hybridized carbons (Fsp3) is 0.158. The van der Waals surface area contributed by atoms with Crippen LogP contribution in [-0.2, 0) is 6.54 Å². The lowest BCUT2D eigenvalue weighted by Gasteiger charge is -2.10. The number of imidazole rings is 1. The molecule has 0 unspecified atom stereocenters. The molecule has 0 saturated heterocycles. The molecule has 24 heavy (non-hydrogen) atoms. The standard InChI is InChI=1S/C19H19N3OS/c1-14-20-11-12-22(14)16-9-7-15(8-10-16)13-21-19(23)17-5-3-4-6-18(17)24-2/h3-12H,13H2,1-2H3,(H,21,23). The van der Waals surface area contributed by atoms with Crippen LogP contribution in [0.15, 0.2) is 65.8 Å². The summed E-state index contributed by atoms with van der Waals surface area (Å²) in [6, 6.07) is 15.8. The first kappa shape index (κ1) is 16.3. The van der Waals surface area contributed by atoms with Crippen molar-refractivity contribution in [3.63, 3.8) is 0 Å². The molecular formula is C19H19N3OS. The Labute approximate surface area is 145 Å². The molecule has 4 nitrogen and oxygen atoms in total. The van der Waals surface area contributed by atoms with Crippen molar-refractivity contribution >= 4 is 17.7 Å². The number of hydrogen-bond acceptors (Lipinski definition) is 3. The summed E-state index contributed by atoms with van der Waals surface area (Å²) in [5, 5.41) is 2.98. The highest BCUT2D eigenvalue weighted by Crippen LogP contribution is 2.19. The van der Waals surface area contributed by atoms with Gasteiger partial charge in [0.1, 0.15) is 5.82 Å². The molecule has 1 N–H and O–H groups in total. The van der Waals surface area contributed by atoms with Gasteiger partial charge in [-0.2, -0.15) is 0 Å². The van der Waals surface area contributed by atoms with Crippen LogP contribution in [0.25, 0.3) is 5.69 Å². The van der Waals surface area contributed by atoms with E-state index in [-0.39, 0.29) is 5.91 Å². The molecule has 2 aromatic carbocycles. The first-order chi connectivity index (χ1) is 11.7. The molecule has 122 valence electrons. The number of aryl methyl sites for hydroxylation is 1. The first-order valence-electron chi connectivity index (χ1n) is 7.69. The van der Waals surface area contributed by atoms with Gasteiger partial charge in [0.25, 0.3) is 5.91 Å². The Morgan fingerprint density at radius 3 is 2.58 bits per heavy atom. The van der Waals surface area contributed by atoms with E-state index in [4.69, 9.17) is 0 Å². The van der Waals surface area contributed by atoms with E-state index < -0.39 is 0 Å². The van der Waals surface area contributed by atoms with Gasteiger partial charge in [-0.15, -0.1) is 11.8 Å². The normalized spacial score (nSPS) is 10.6. The van der Waals surface area contributed by atoms with Crippen LogP contribution in [0.2, 0.25) is 0 Å². The van der Waals surface area contributed by atoms with Crippen molar-refractivity contribution in [1.29, 1.82) is 0 Å². The Bertz CT molecular complexity index is 840. The van der Waals surface area contributed by atoms with Crippen molar-refractivity contribution in [1.82, 2.24) is 14.9 Å². The first-order valence-corrected chi connectivity index (χ1v) is 8.92. The second kappa shape index (κ2) is 7.36. The Morgan fingerprint density at radius 2 is 1.92 bits per heavy atom. The maximum atomic E-state index is 12.4. The van der Waals surface area contributed by atoms with Gasteiger partial charge in [0, 0.05) is 29.5 Å². The fourth-order valence-electron chi connectivity index (χ4n) is 2.54. The van der Waals surface area contributed by atoms with Crippen molar-refractivity contribution in [2.45, 2.75) is 18.4 Å². The summed E-state index contributed by atoms with van der Waals surface area (Å²) in [5.41, 5.74) is 2.84. The minimum absolute atomic E-state index is 0.0468. The second-order valence-corrected chi connectivity index (χ2v) is 6.24. The summed E-state index contributed by atoms with van der Waals surface area (Å²) in [5.74, 6) is 0.902. The highest BCUT2D eigenvalue weighted by atomic mass is 32.2. The van der Waals surface area contributed by atoms with Gasteiger partial charge in [-0.3, -0.25) is 4.79 Å². The van der Waals surface area contributed by atoms with Gasteiger partial charge < -0.3 is 9.88 Å². The quantitative estimate of drug-likeness (QED) is 0.720.